The van der Waals surface area contributed by atoms with Crippen LogP contribution in [0.1, 0.15) is 149 Å². The third-order valence-electron chi connectivity index (χ3n) is 7.53. The van der Waals surface area contributed by atoms with Crippen molar-refractivity contribution in [1.29, 1.82) is 0 Å². The summed E-state index contributed by atoms with van der Waals surface area (Å²) in [6.07, 6.45) is 26.0. The van der Waals surface area contributed by atoms with Gasteiger partial charge in [0.15, 0.2) is 0 Å². The van der Waals surface area contributed by atoms with Gasteiger partial charge in [0.2, 0.25) is 5.91 Å². The van der Waals surface area contributed by atoms with Crippen molar-refractivity contribution >= 4 is 25.5 Å². The van der Waals surface area contributed by atoms with Crippen molar-refractivity contribution in [3.05, 3.63) is 0 Å². The molecule has 0 spiro atoms. The van der Waals surface area contributed by atoms with E-state index in [2.05, 4.69) is 19.2 Å². The molecular weight excluding hydrogens is 567 g/mol. The lowest BCUT2D eigenvalue weighted by molar-refractivity contribution is -0.870. The third-order valence-corrected chi connectivity index (χ3v) is 9.71. The Morgan fingerprint density at radius 2 is 1.19 bits per heavy atom. The maximum Gasteiger partial charge on any atom is 0.268 e. The fourth-order valence-corrected chi connectivity index (χ4v) is 6.55. The Labute approximate surface area is 265 Å². The molecule has 0 aliphatic carbocycles. The van der Waals surface area contributed by atoms with Gasteiger partial charge in [0.25, 0.3) is 7.82 Å². The summed E-state index contributed by atoms with van der Waals surface area (Å²) in [6, 6.07) is -0.349. The summed E-state index contributed by atoms with van der Waals surface area (Å²) >= 11 is 1.77. The maximum absolute atomic E-state index is 12.6. The quantitative estimate of drug-likeness (QED) is 0.0452. The average molecular weight is 637 g/mol. The zero-order chi connectivity index (χ0) is 31.4. The Hall–Kier alpha value is -0.110. The molecule has 0 saturated heterocycles. The number of hydrogen-bond acceptors (Lipinski definition) is 6. The van der Waals surface area contributed by atoms with Gasteiger partial charge in [-0.15, -0.1) is 0 Å². The number of quaternary nitrogens is 1. The van der Waals surface area contributed by atoms with Gasteiger partial charge in [-0.1, -0.05) is 129 Å². The molecule has 42 heavy (non-hydrogen) atoms. The number of phosphoric acid groups is 1. The summed E-state index contributed by atoms with van der Waals surface area (Å²) in [5.41, 5.74) is 0. The third kappa shape index (κ3) is 31.3. The lowest BCUT2D eigenvalue weighted by Gasteiger charge is -2.28. The number of thioether (sulfide) groups is 1. The molecule has 252 valence electrons. The first-order chi connectivity index (χ1) is 20.1. The van der Waals surface area contributed by atoms with Crippen LogP contribution in [0, 0.1) is 0 Å². The molecule has 2 atom stereocenters. The highest BCUT2D eigenvalue weighted by Crippen LogP contribution is 2.38. The second-order valence-electron chi connectivity index (χ2n) is 13.0. The zero-order valence-electron chi connectivity index (χ0n) is 28.3. The second kappa shape index (κ2) is 28.4. The van der Waals surface area contributed by atoms with Crippen molar-refractivity contribution in [1.82, 2.24) is 5.32 Å². The van der Waals surface area contributed by atoms with Crippen LogP contribution in [-0.2, 0) is 18.4 Å². The van der Waals surface area contributed by atoms with Crippen LogP contribution in [0.4, 0.5) is 0 Å². The molecule has 0 fully saturated rings. The van der Waals surface area contributed by atoms with Crippen LogP contribution in [0.5, 0.6) is 0 Å². The van der Waals surface area contributed by atoms with Gasteiger partial charge in [-0.25, -0.2) is 0 Å². The van der Waals surface area contributed by atoms with Gasteiger partial charge in [0.1, 0.15) is 13.2 Å². The Morgan fingerprint density at radius 3 is 1.67 bits per heavy atom. The van der Waals surface area contributed by atoms with Gasteiger partial charge in [0.05, 0.1) is 33.8 Å². The van der Waals surface area contributed by atoms with Gasteiger partial charge >= 0.3 is 0 Å². The lowest BCUT2D eigenvalue weighted by Crippen LogP contribution is -2.40. The van der Waals surface area contributed by atoms with Crippen LogP contribution in [0.3, 0.4) is 0 Å². The van der Waals surface area contributed by atoms with Crippen LogP contribution in [-0.4, -0.2) is 68.8 Å². The molecule has 0 heterocycles. The molecule has 0 aromatic rings. The monoisotopic (exact) mass is 636 g/mol. The van der Waals surface area contributed by atoms with Crippen LogP contribution in [0.15, 0.2) is 0 Å². The minimum Gasteiger partial charge on any atom is -0.756 e. The van der Waals surface area contributed by atoms with Gasteiger partial charge in [-0.2, -0.15) is 11.8 Å². The molecule has 7 nitrogen and oxygen atoms in total. The fraction of sp³-hybridized carbons (Fsp3) is 0.970. The Bertz CT molecular complexity index is 663. The van der Waals surface area contributed by atoms with Gasteiger partial charge < -0.3 is 23.7 Å². The van der Waals surface area contributed by atoms with E-state index in [9.17, 15) is 14.3 Å². The summed E-state index contributed by atoms with van der Waals surface area (Å²) in [7, 11) is 1.52. The van der Waals surface area contributed by atoms with Crippen molar-refractivity contribution in [2.75, 3.05) is 52.4 Å². The molecule has 1 unspecified atom stereocenters. The van der Waals surface area contributed by atoms with E-state index in [-0.39, 0.29) is 25.2 Å². The summed E-state index contributed by atoms with van der Waals surface area (Å²) in [5.74, 6) is 1.62. The van der Waals surface area contributed by atoms with Crippen LogP contribution < -0.4 is 10.2 Å². The van der Waals surface area contributed by atoms with Crippen molar-refractivity contribution in [3.8, 4) is 0 Å². The molecule has 0 aliphatic rings. The number of carbonyl (C=O) groups is 1. The first kappa shape index (κ1) is 41.9. The number of phosphoric ester groups is 1. The summed E-state index contributed by atoms with van der Waals surface area (Å²) in [4.78, 5) is 24.8. The van der Waals surface area contributed by atoms with Crippen molar-refractivity contribution in [2.24, 2.45) is 0 Å². The van der Waals surface area contributed by atoms with Crippen molar-refractivity contribution < 1.29 is 27.8 Å². The minimum absolute atomic E-state index is 0.0251. The van der Waals surface area contributed by atoms with E-state index in [1.165, 1.54) is 103 Å². The predicted molar refractivity (Wildman–Crippen MR) is 180 cm³/mol. The number of hydrogen-bond donors (Lipinski definition) is 1. The average Bonchev–Trinajstić information content (AvgIpc) is 2.92. The van der Waals surface area contributed by atoms with E-state index < -0.39 is 7.82 Å². The van der Waals surface area contributed by atoms with Gasteiger partial charge in [-0.05, 0) is 18.6 Å². The Balaban J connectivity index is 4.21. The number of nitrogens with one attached hydrogen (secondary N) is 1. The highest BCUT2D eigenvalue weighted by Gasteiger charge is 2.18. The lowest BCUT2D eigenvalue weighted by atomic mass is 10.0. The van der Waals surface area contributed by atoms with E-state index in [1.54, 1.807) is 11.8 Å². The standard InChI is InChI=1S/C33H69N2O5PS/c1-6-8-10-12-14-15-16-17-18-19-20-21-23-25-29-42-31-32(34-33(36)26-24-22-13-11-9-7-2)30-40-41(37,38)39-28-27-35(3,4)5/h32H,6-31H2,1-5H3,(H-,34,36,37,38)/t32-/m0/s1. The highest BCUT2D eigenvalue weighted by atomic mass is 32.2. The van der Waals surface area contributed by atoms with E-state index in [4.69, 9.17) is 9.05 Å². The first-order valence-electron chi connectivity index (χ1n) is 17.4. The predicted octanol–water partition coefficient (Wildman–Crippen LogP) is 8.64. The highest BCUT2D eigenvalue weighted by molar-refractivity contribution is 7.99. The maximum atomic E-state index is 12.6. The summed E-state index contributed by atoms with van der Waals surface area (Å²) < 4.78 is 23.1. The molecule has 0 radical (unpaired) electrons. The topological polar surface area (TPSA) is 87.7 Å². The Kier molecular flexibility index (Phi) is 28.3. The number of unbranched alkanes of at least 4 members (excludes halogenated alkanes) is 18. The van der Waals surface area contributed by atoms with E-state index in [0.717, 1.165) is 31.4 Å². The van der Waals surface area contributed by atoms with E-state index in [1.807, 2.05) is 21.1 Å². The molecule has 9 heteroatoms. The molecule has 1 N–H and O–H groups in total. The van der Waals surface area contributed by atoms with Crippen LogP contribution in [0.25, 0.3) is 0 Å². The molecule has 0 bridgehead atoms. The number of amides is 1. The largest absolute Gasteiger partial charge is 0.756 e. The molecule has 0 rings (SSSR count). The Morgan fingerprint density at radius 1 is 0.738 bits per heavy atom. The first-order valence-corrected chi connectivity index (χ1v) is 20.0. The van der Waals surface area contributed by atoms with Crippen LogP contribution >= 0.6 is 19.6 Å². The molecular formula is C33H69N2O5PS. The molecule has 0 aromatic carbocycles. The van der Waals surface area contributed by atoms with E-state index >= 15 is 0 Å². The van der Waals surface area contributed by atoms with E-state index in [0.29, 0.717) is 23.2 Å². The zero-order valence-corrected chi connectivity index (χ0v) is 30.0. The second-order valence-corrected chi connectivity index (χ2v) is 15.6. The normalized spacial score (nSPS) is 14.1. The summed E-state index contributed by atoms with van der Waals surface area (Å²) in [6.45, 7) is 5.02. The number of rotatable bonds is 32. The van der Waals surface area contributed by atoms with Crippen LogP contribution in [0.2, 0.25) is 0 Å². The molecule has 0 aromatic heterocycles. The smallest absolute Gasteiger partial charge is 0.268 e. The van der Waals surface area contributed by atoms with Crippen molar-refractivity contribution in [3.63, 3.8) is 0 Å². The van der Waals surface area contributed by atoms with Gasteiger partial charge in [-0.3, -0.25) is 9.36 Å². The number of likely N-dealkylation sites (N-methyl/N-ethyl adjacent to an activating group) is 1. The summed E-state index contributed by atoms with van der Waals surface area (Å²) in [5, 5.41) is 3.02. The minimum atomic E-state index is -4.41. The van der Waals surface area contributed by atoms with Gasteiger partial charge in [0, 0.05) is 12.2 Å². The fourth-order valence-electron chi connectivity index (χ4n) is 4.77. The molecule has 0 saturated carbocycles. The molecule has 1 amide bonds. The number of nitrogens with zero attached hydrogens (tertiary/aromatic N) is 1. The number of carbonyl (C=O) groups excluding carboxylic acids is 1. The SMILES string of the molecule is CCCCCCCCCCCCCCCCSC[C@H](COP(=O)([O-])OCC[N+](C)(C)C)NC(=O)CCCCCCCC. The van der Waals surface area contributed by atoms with Crippen molar-refractivity contribution in [2.45, 2.75) is 155 Å². The molecule has 0 aliphatic heterocycles.